The molecule has 0 bridgehead atoms. The van der Waals surface area contributed by atoms with Crippen molar-refractivity contribution in [1.82, 2.24) is 0 Å². The lowest BCUT2D eigenvalue weighted by Crippen LogP contribution is -2.16. The number of aliphatic carboxylic acids is 1. The Morgan fingerprint density at radius 2 is 1.86 bits per heavy atom. The normalized spacial score (nSPS) is 9.90. The summed E-state index contributed by atoms with van der Waals surface area (Å²) in [5.74, 6) is -0.826. The Morgan fingerprint density at radius 3 is 2.48 bits per heavy atom. The molecule has 0 aliphatic rings. The summed E-state index contributed by atoms with van der Waals surface area (Å²) in [6.07, 6.45) is 0.0420. The highest BCUT2D eigenvalue weighted by atomic mass is 16.4. The smallest absolute Gasteiger partial charge is 0.307 e. The highest BCUT2D eigenvalue weighted by Gasteiger charge is 2.04. The molecule has 0 aromatic heterocycles. The number of hydrogen-bond donors (Lipinski definition) is 1. The van der Waals surface area contributed by atoms with E-state index in [2.05, 4.69) is 6.07 Å². The average Bonchev–Trinajstić information content (AvgIpc) is 2.49. The van der Waals surface area contributed by atoms with Crippen LogP contribution in [-0.4, -0.2) is 18.1 Å². The molecule has 0 unspecified atom stereocenters. The molecule has 4 heteroatoms. The van der Waals surface area contributed by atoms with Crippen LogP contribution in [0.3, 0.4) is 0 Å². The summed E-state index contributed by atoms with van der Waals surface area (Å²) in [7, 11) is 1.96. The van der Waals surface area contributed by atoms with E-state index in [9.17, 15) is 4.79 Å². The van der Waals surface area contributed by atoms with Crippen LogP contribution in [0.15, 0.2) is 48.5 Å². The Kier molecular flexibility index (Phi) is 4.57. The number of nitrogens with zero attached hydrogens (tertiary/aromatic N) is 2. The van der Waals surface area contributed by atoms with E-state index >= 15 is 0 Å². The number of hydrogen-bond acceptors (Lipinski definition) is 3. The van der Waals surface area contributed by atoms with Gasteiger partial charge < -0.3 is 10.0 Å². The van der Waals surface area contributed by atoms with E-state index in [1.54, 1.807) is 6.07 Å². The topological polar surface area (TPSA) is 64.3 Å². The first-order valence-electron chi connectivity index (χ1n) is 6.59. The molecule has 0 spiro atoms. The molecule has 0 aliphatic heterocycles. The fourth-order valence-corrected chi connectivity index (χ4v) is 2.12. The molecule has 1 N–H and O–H groups in total. The van der Waals surface area contributed by atoms with Gasteiger partial charge in [0.2, 0.25) is 0 Å². The zero-order chi connectivity index (χ0) is 15.2. The van der Waals surface area contributed by atoms with Gasteiger partial charge in [-0.1, -0.05) is 30.3 Å². The Labute approximate surface area is 123 Å². The van der Waals surface area contributed by atoms with Crippen LogP contribution < -0.4 is 4.90 Å². The summed E-state index contributed by atoms with van der Waals surface area (Å²) in [5, 5.41) is 17.7. The Balaban J connectivity index is 2.06. The van der Waals surface area contributed by atoms with E-state index in [1.165, 1.54) is 0 Å². The van der Waals surface area contributed by atoms with E-state index in [0.717, 1.165) is 16.8 Å². The fraction of sp³-hybridized carbons (Fsp3) is 0.176. The molecule has 0 aliphatic carbocycles. The molecular formula is C17H16N2O2. The lowest BCUT2D eigenvalue weighted by molar-refractivity contribution is -0.136. The maximum Gasteiger partial charge on any atom is 0.307 e. The number of rotatable bonds is 5. The lowest BCUT2D eigenvalue weighted by Gasteiger charge is -2.19. The molecule has 21 heavy (non-hydrogen) atoms. The van der Waals surface area contributed by atoms with Crippen molar-refractivity contribution >= 4 is 11.7 Å². The number of benzene rings is 2. The summed E-state index contributed by atoms with van der Waals surface area (Å²) in [6.45, 7) is 0.697. The molecular weight excluding hydrogens is 264 g/mol. The van der Waals surface area contributed by atoms with Gasteiger partial charge in [-0.05, 0) is 29.3 Å². The van der Waals surface area contributed by atoms with Crippen LogP contribution in [0.4, 0.5) is 5.69 Å². The van der Waals surface area contributed by atoms with Crippen molar-refractivity contribution in [2.45, 2.75) is 13.0 Å². The maximum absolute atomic E-state index is 10.6. The summed E-state index contributed by atoms with van der Waals surface area (Å²) in [5.41, 5.74) is 3.49. The third-order valence-corrected chi connectivity index (χ3v) is 3.21. The highest BCUT2D eigenvalue weighted by molar-refractivity contribution is 5.70. The van der Waals surface area contributed by atoms with Crippen molar-refractivity contribution in [3.63, 3.8) is 0 Å². The van der Waals surface area contributed by atoms with Crippen LogP contribution in [0, 0.1) is 11.3 Å². The second-order valence-corrected chi connectivity index (χ2v) is 4.91. The predicted molar refractivity (Wildman–Crippen MR) is 81.0 cm³/mol. The average molecular weight is 280 g/mol. The first-order chi connectivity index (χ1) is 10.1. The molecule has 0 heterocycles. The Bertz CT molecular complexity index is 672. The molecule has 0 radical (unpaired) electrons. The Morgan fingerprint density at radius 1 is 1.19 bits per heavy atom. The number of carboxylic acids is 1. The van der Waals surface area contributed by atoms with Crippen molar-refractivity contribution in [2.75, 3.05) is 11.9 Å². The van der Waals surface area contributed by atoms with E-state index in [-0.39, 0.29) is 6.42 Å². The van der Waals surface area contributed by atoms with E-state index in [1.807, 2.05) is 54.4 Å². The second kappa shape index (κ2) is 6.58. The fourth-order valence-electron chi connectivity index (χ4n) is 2.12. The molecule has 0 atom stereocenters. The first-order valence-corrected chi connectivity index (χ1v) is 6.59. The molecule has 0 amide bonds. The summed E-state index contributed by atoms with van der Waals surface area (Å²) < 4.78 is 0. The van der Waals surface area contributed by atoms with E-state index in [4.69, 9.17) is 10.4 Å². The van der Waals surface area contributed by atoms with Gasteiger partial charge in [-0.25, -0.2) is 0 Å². The molecule has 0 fully saturated rings. The second-order valence-electron chi connectivity index (χ2n) is 4.91. The molecule has 2 aromatic rings. The van der Waals surface area contributed by atoms with Gasteiger partial charge >= 0.3 is 5.97 Å². The van der Waals surface area contributed by atoms with Gasteiger partial charge in [-0.2, -0.15) is 5.26 Å². The molecule has 0 saturated heterocycles. The van der Waals surface area contributed by atoms with E-state index in [0.29, 0.717) is 12.1 Å². The SMILES string of the molecule is CN(Cc1ccc(CC(=O)O)cc1)c1cccc(C#N)c1. The highest BCUT2D eigenvalue weighted by Crippen LogP contribution is 2.17. The summed E-state index contributed by atoms with van der Waals surface area (Å²) in [6, 6.07) is 17.1. The maximum atomic E-state index is 10.6. The van der Waals surface area contributed by atoms with Gasteiger partial charge in [-0.15, -0.1) is 0 Å². The Hall–Kier alpha value is -2.80. The zero-order valence-corrected chi connectivity index (χ0v) is 11.8. The first kappa shape index (κ1) is 14.6. The van der Waals surface area contributed by atoms with Gasteiger partial charge in [-0.3, -0.25) is 4.79 Å². The molecule has 2 rings (SSSR count). The van der Waals surface area contributed by atoms with Crippen LogP contribution in [0.5, 0.6) is 0 Å². The number of anilines is 1. The monoisotopic (exact) mass is 280 g/mol. The molecule has 0 saturated carbocycles. The lowest BCUT2D eigenvalue weighted by atomic mass is 10.1. The van der Waals surface area contributed by atoms with Crippen molar-refractivity contribution in [1.29, 1.82) is 5.26 Å². The van der Waals surface area contributed by atoms with Gasteiger partial charge in [0.1, 0.15) is 0 Å². The standard InChI is InChI=1S/C17H16N2O2/c1-19(16-4-2-3-15(9-16)11-18)12-14-7-5-13(6-8-14)10-17(20)21/h2-9H,10,12H2,1H3,(H,20,21). The van der Waals surface area contributed by atoms with Crippen LogP contribution >= 0.6 is 0 Å². The minimum atomic E-state index is -0.826. The number of carboxylic acid groups (broad SMARTS) is 1. The van der Waals surface area contributed by atoms with Crippen molar-refractivity contribution in [3.8, 4) is 6.07 Å². The van der Waals surface area contributed by atoms with Crippen LogP contribution in [-0.2, 0) is 17.8 Å². The quantitative estimate of drug-likeness (QED) is 0.914. The van der Waals surface area contributed by atoms with Gasteiger partial charge in [0.15, 0.2) is 0 Å². The summed E-state index contributed by atoms with van der Waals surface area (Å²) >= 11 is 0. The van der Waals surface area contributed by atoms with Crippen molar-refractivity contribution in [3.05, 3.63) is 65.2 Å². The number of carbonyl (C=O) groups is 1. The number of nitriles is 1. The van der Waals surface area contributed by atoms with Gasteiger partial charge in [0.05, 0.1) is 18.1 Å². The largest absolute Gasteiger partial charge is 0.481 e. The van der Waals surface area contributed by atoms with Gasteiger partial charge in [0.25, 0.3) is 0 Å². The van der Waals surface area contributed by atoms with Crippen molar-refractivity contribution < 1.29 is 9.90 Å². The molecule has 106 valence electrons. The predicted octanol–water partition coefficient (Wildman–Crippen LogP) is 2.82. The third-order valence-electron chi connectivity index (χ3n) is 3.21. The van der Waals surface area contributed by atoms with Crippen LogP contribution in [0.2, 0.25) is 0 Å². The minimum absolute atomic E-state index is 0.0420. The minimum Gasteiger partial charge on any atom is -0.481 e. The van der Waals surface area contributed by atoms with Gasteiger partial charge in [0, 0.05) is 19.3 Å². The molecule has 4 nitrogen and oxygen atoms in total. The molecule has 2 aromatic carbocycles. The van der Waals surface area contributed by atoms with E-state index < -0.39 is 5.97 Å². The zero-order valence-electron chi connectivity index (χ0n) is 11.8. The van der Waals surface area contributed by atoms with Crippen molar-refractivity contribution in [2.24, 2.45) is 0 Å². The van der Waals surface area contributed by atoms with Crippen LogP contribution in [0.1, 0.15) is 16.7 Å². The summed E-state index contributed by atoms with van der Waals surface area (Å²) in [4.78, 5) is 12.7. The van der Waals surface area contributed by atoms with Crippen LogP contribution in [0.25, 0.3) is 0 Å². The third kappa shape index (κ3) is 4.08.